The Morgan fingerprint density at radius 3 is 2.82 bits per heavy atom. The maximum absolute atomic E-state index is 12.0. The summed E-state index contributed by atoms with van der Waals surface area (Å²) in [5.74, 6) is 0.795. The number of rotatable bonds is 5. The second-order valence-electron chi connectivity index (χ2n) is 5.38. The van der Waals surface area contributed by atoms with Crippen LogP contribution in [0.4, 0.5) is 0 Å². The molecule has 1 saturated carbocycles. The van der Waals surface area contributed by atoms with Crippen LogP contribution in [0.3, 0.4) is 0 Å². The molecule has 0 radical (unpaired) electrons. The Balaban J connectivity index is 2.30. The molecule has 0 saturated heterocycles. The lowest BCUT2D eigenvalue weighted by Gasteiger charge is -2.31. The predicted molar refractivity (Wildman–Crippen MR) is 70.7 cm³/mol. The number of likely N-dealkylation sites (N-methyl/N-ethyl adjacent to an activating group) is 1. The first-order valence-electron chi connectivity index (χ1n) is 6.76. The minimum absolute atomic E-state index is 0.0192. The standard InChI is InChI=1S/C13H27N3O/c1-4-16(3)8-7-15-13(17)11-9-10(2)5-6-12(11)14/h10-12H,4-9,14H2,1-3H3,(H,15,17). The highest BCUT2D eigenvalue weighted by Gasteiger charge is 2.31. The Hall–Kier alpha value is -0.610. The van der Waals surface area contributed by atoms with E-state index in [1.807, 2.05) is 0 Å². The summed E-state index contributed by atoms with van der Waals surface area (Å²) < 4.78 is 0. The number of hydrogen-bond donors (Lipinski definition) is 2. The number of nitrogens with one attached hydrogen (secondary N) is 1. The van der Waals surface area contributed by atoms with Crippen molar-refractivity contribution < 1.29 is 4.79 Å². The monoisotopic (exact) mass is 241 g/mol. The van der Waals surface area contributed by atoms with Crippen LogP contribution in [0.5, 0.6) is 0 Å². The maximum Gasteiger partial charge on any atom is 0.224 e. The molecule has 3 atom stereocenters. The lowest BCUT2D eigenvalue weighted by Crippen LogP contribution is -2.46. The number of amides is 1. The van der Waals surface area contributed by atoms with Crippen LogP contribution in [-0.2, 0) is 4.79 Å². The smallest absolute Gasteiger partial charge is 0.224 e. The van der Waals surface area contributed by atoms with Crippen molar-refractivity contribution in [2.45, 2.75) is 39.2 Å². The van der Waals surface area contributed by atoms with Gasteiger partial charge in [0.2, 0.25) is 5.91 Å². The molecule has 4 nitrogen and oxygen atoms in total. The summed E-state index contributed by atoms with van der Waals surface area (Å²) in [6.07, 6.45) is 3.08. The molecule has 0 bridgehead atoms. The lowest BCUT2D eigenvalue weighted by atomic mass is 9.79. The summed E-state index contributed by atoms with van der Waals surface area (Å²) in [6.45, 7) is 6.95. The van der Waals surface area contributed by atoms with Gasteiger partial charge in [0.15, 0.2) is 0 Å². The molecule has 0 aromatic heterocycles. The molecule has 1 rings (SSSR count). The Morgan fingerprint density at radius 1 is 1.47 bits per heavy atom. The van der Waals surface area contributed by atoms with Crippen LogP contribution < -0.4 is 11.1 Å². The van der Waals surface area contributed by atoms with Crippen molar-refractivity contribution in [1.29, 1.82) is 0 Å². The summed E-state index contributed by atoms with van der Waals surface area (Å²) >= 11 is 0. The molecule has 1 aliphatic carbocycles. The van der Waals surface area contributed by atoms with Gasteiger partial charge in [-0.2, -0.15) is 0 Å². The molecule has 17 heavy (non-hydrogen) atoms. The summed E-state index contributed by atoms with van der Waals surface area (Å²) in [5.41, 5.74) is 6.03. The van der Waals surface area contributed by atoms with Gasteiger partial charge in [-0.05, 0) is 38.8 Å². The minimum Gasteiger partial charge on any atom is -0.355 e. The lowest BCUT2D eigenvalue weighted by molar-refractivity contribution is -0.127. The van der Waals surface area contributed by atoms with Gasteiger partial charge in [-0.3, -0.25) is 4.79 Å². The molecule has 0 aromatic rings. The fraction of sp³-hybridized carbons (Fsp3) is 0.923. The first-order chi connectivity index (χ1) is 8.04. The van der Waals surface area contributed by atoms with Gasteiger partial charge in [0, 0.05) is 19.1 Å². The van der Waals surface area contributed by atoms with E-state index in [-0.39, 0.29) is 17.9 Å². The van der Waals surface area contributed by atoms with E-state index in [9.17, 15) is 4.79 Å². The Labute approximate surface area is 105 Å². The van der Waals surface area contributed by atoms with Crippen LogP contribution in [0.15, 0.2) is 0 Å². The van der Waals surface area contributed by atoms with Gasteiger partial charge >= 0.3 is 0 Å². The summed E-state index contributed by atoms with van der Waals surface area (Å²) in [6, 6.07) is 0.0510. The largest absolute Gasteiger partial charge is 0.355 e. The van der Waals surface area contributed by atoms with Crippen molar-refractivity contribution in [3.63, 3.8) is 0 Å². The number of carbonyl (C=O) groups is 1. The molecule has 1 amide bonds. The van der Waals surface area contributed by atoms with E-state index in [4.69, 9.17) is 5.73 Å². The van der Waals surface area contributed by atoms with Gasteiger partial charge in [-0.1, -0.05) is 13.8 Å². The van der Waals surface area contributed by atoms with Gasteiger partial charge in [-0.15, -0.1) is 0 Å². The van der Waals surface area contributed by atoms with Crippen LogP contribution in [0, 0.1) is 11.8 Å². The van der Waals surface area contributed by atoms with Gasteiger partial charge in [-0.25, -0.2) is 0 Å². The average Bonchev–Trinajstić information content (AvgIpc) is 2.31. The predicted octanol–water partition coefficient (Wildman–Crippen LogP) is 0.818. The van der Waals surface area contributed by atoms with Crippen molar-refractivity contribution >= 4 is 5.91 Å². The first kappa shape index (κ1) is 14.5. The zero-order valence-corrected chi connectivity index (χ0v) is 11.4. The normalized spacial score (nSPS) is 29.4. The molecule has 3 N–H and O–H groups in total. The third kappa shape index (κ3) is 4.64. The zero-order chi connectivity index (χ0) is 12.8. The van der Waals surface area contributed by atoms with E-state index in [1.54, 1.807) is 0 Å². The highest BCUT2D eigenvalue weighted by molar-refractivity contribution is 5.79. The van der Waals surface area contributed by atoms with Crippen molar-refractivity contribution in [2.75, 3.05) is 26.7 Å². The molecule has 0 aromatic carbocycles. The van der Waals surface area contributed by atoms with E-state index in [1.165, 1.54) is 0 Å². The third-order valence-corrected chi connectivity index (χ3v) is 3.84. The zero-order valence-electron chi connectivity index (χ0n) is 11.4. The van der Waals surface area contributed by atoms with Crippen LogP contribution in [-0.4, -0.2) is 43.5 Å². The van der Waals surface area contributed by atoms with Crippen molar-refractivity contribution in [3.8, 4) is 0 Å². The molecule has 1 fully saturated rings. The highest BCUT2D eigenvalue weighted by atomic mass is 16.1. The minimum atomic E-state index is 0.0192. The topological polar surface area (TPSA) is 58.4 Å². The van der Waals surface area contributed by atoms with Gasteiger partial charge in [0.1, 0.15) is 0 Å². The van der Waals surface area contributed by atoms with Crippen molar-refractivity contribution in [3.05, 3.63) is 0 Å². The number of carbonyl (C=O) groups excluding carboxylic acids is 1. The van der Waals surface area contributed by atoms with Crippen LogP contribution >= 0.6 is 0 Å². The Morgan fingerprint density at radius 2 is 2.18 bits per heavy atom. The van der Waals surface area contributed by atoms with Gasteiger partial charge in [0.25, 0.3) is 0 Å². The number of hydrogen-bond acceptors (Lipinski definition) is 3. The molecule has 0 spiro atoms. The van der Waals surface area contributed by atoms with E-state index >= 15 is 0 Å². The fourth-order valence-corrected chi connectivity index (χ4v) is 2.36. The van der Waals surface area contributed by atoms with E-state index < -0.39 is 0 Å². The fourth-order valence-electron chi connectivity index (χ4n) is 2.36. The second kappa shape index (κ2) is 6.97. The third-order valence-electron chi connectivity index (χ3n) is 3.84. The second-order valence-corrected chi connectivity index (χ2v) is 5.38. The summed E-state index contributed by atoms with van der Waals surface area (Å²) in [5, 5.41) is 3.01. The Kier molecular flexibility index (Phi) is 5.92. The molecule has 0 aliphatic heterocycles. The van der Waals surface area contributed by atoms with Crippen molar-refractivity contribution in [1.82, 2.24) is 10.2 Å². The van der Waals surface area contributed by atoms with Crippen molar-refractivity contribution in [2.24, 2.45) is 17.6 Å². The van der Waals surface area contributed by atoms with Crippen LogP contribution in [0.1, 0.15) is 33.1 Å². The molecule has 1 aliphatic rings. The number of nitrogens with two attached hydrogens (primary N) is 1. The molecule has 100 valence electrons. The molecular weight excluding hydrogens is 214 g/mol. The highest BCUT2D eigenvalue weighted by Crippen LogP contribution is 2.27. The molecule has 0 heterocycles. The molecule has 4 heteroatoms. The maximum atomic E-state index is 12.0. The number of nitrogens with zero attached hydrogens (tertiary/aromatic N) is 1. The SMILES string of the molecule is CCN(C)CCNC(=O)C1CC(C)CCC1N. The summed E-state index contributed by atoms with van der Waals surface area (Å²) in [4.78, 5) is 14.2. The first-order valence-corrected chi connectivity index (χ1v) is 6.76. The van der Waals surface area contributed by atoms with Crippen LogP contribution in [0.2, 0.25) is 0 Å². The van der Waals surface area contributed by atoms with Crippen LogP contribution in [0.25, 0.3) is 0 Å². The quantitative estimate of drug-likeness (QED) is 0.749. The molecular formula is C13H27N3O. The molecule has 3 unspecified atom stereocenters. The summed E-state index contributed by atoms with van der Waals surface area (Å²) in [7, 11) is 2.06. The van der Waals surface area contributed by atoms with Gasteiger partial charge < -0.3 is 16.0 Å². The van der Waals surface area contributed by atoms with E-state index in [2.05, 4.69) is 31.1 Å². The van der Waals surface area contributed by atoms with Gasteiger partial charge in [0.05, 0.1) is 5.92 Å². The van der Waals surface area contributed by atoms with E-state index in [0.717, 1.165) is 38.9 Å². The average molecular weight is 241 g/mol. The Bertz CT molecular complexity index is 245. The van der Waals surface area contributed by atoms with E-state index in [0.29, 0.717) is 5.92 Å².